The molecule has 0 spiro atoms. The maximum atomic E-state index is 12.9. The number of H-pyrrole nitrogens is 1. The van der Waals surface area contributed by atoms with E-state index < -0.39 is 17.7 Å². The number of fused-ring (bicyclic) bond motifs is 1. The van der Waals surface area contributed by atoms with Gasteiger partial charge in [0.1, 0.15) is 17.6 Å². The van der Waals surface area contributed by atoms with Gasteiger partial charge < -0.3 is 25.6 Å². The normalized spacial score (nSPS) is 13.4. The van der Waals surface area contributed by atoms with Crippen LogP contribution >= 0.6 is 11.3 Å². The van der Waals surface area contributed by atoms with E-state index in [0.29, 0.717) is 24.3 Å². The van der Waals surface area contributed by atoms with Crippen LogP contribution in [0.3, 0.4) is 0 Å². The molecule has 4 aromatic rings. The predicted molar refractivity (Wildman–Crippen MR) is 136 cm³/mol. The van der Waals surface area contributed by atoms with Gasteiger partial charge in [-0.3, -0.25) is 10.4 Å². The molecule has 0 amide bonds. The van der Waals surface area contributed by atoms with Crippen LogP contribution in [0.25, 0.3) is 5.82 Å². The molecule has 5 rings (SSSR count). The largest absolute Gasteiger partial charge is 0.477 e. The lowest BCUT2D eigenvalue weighted by atomic mass is 9.97. The number of thiazole rings is 1. The molecular weight excluding hydrogens is 498 g/mol. The number of nitrogens with two attached hydrogens (primary N) is 1. The Morgan fingerprint density at radius 3 is 2.84 bits per heavy atom. The first kappa shape index (κ1) is 24.2. The monoisotopic (exact) mass is 521 g/mol. The van der Waals surface area contributed by atoms with Crippen molar-refractivity contribution in [3.63, 3.8) is 0 Å². The number of aromatic nitrogens is 4. The summed E-state index contributed by atoms with van der Waals surface area (Å²) in [7, 11) is 0. The summed E-state index contributed by atoms with van der Waals surface area (Å²) in [4.78, 5) is 31.2. The predicted octanol–water partition coefficient (Wildman–Crippen LogP) is 2.63. The van der Waals surface area contributed by atoms with Crippen LogP contribution in [0, 0.1) is 5.41 Å². The summed E-state index contributed by atoms with van der Waals surface area (Å²) in [6.45, 7) is 2.58. The van der Waals surface area contributed by atoms with Crippen LogP contribution in [-0.2, 0) is 17.8 Å². The number of nitrogens with zero attached hydrogens (tertiary/aromatic N) is 3. The number of amidine groups is 1. The molecule has 2 aromatic carbocycles. The number of nitrogen functional groups attached to an aromatic ring is 1. The first-order valence-corrected chi connectivity index (χ1v) is 12.2. The summed E-state index contributed by atoms with van der Waals surface area (Å²) in [5.74, 6) is -0.266. The van der Waals surface area contributed by atoms with Crippen molar-refractivity contribution < 1.29 is 19.4 Å². The number of anilines is 1. The molecule has 6 N–H and O–H groups in total. The van der Waals surface area contributed by atoms with Crippen molar-refractivity contribution in [1.82, 2.24) is 19.7 Å². The minimum absolute atomic E-state index is 0.0501. The highest BCUT2D eigenvalue weighted by molar-refractivity contribution is 7.12. The standard InChI is InChI=1S/C24H23N7O5S/c1-2-12-7-14(8-15-9-35-11-36-18(12)15)17(28-16-5-3-13(4-6-16)20(25)26)21-29-24(34)31(30-21)22-19(23(32)33)37-10-27-22/h3-8,10,17,28H,2,9,11H2,1H3,(H3,25,26)(H,32,33)(H,29,30,34). The highest BCUT2D eigenvalue weighted by Crippen LogP contribution is 2.34. The Morgan fingerprint density at radius 2 is 2.14 bits per heavy atom. The van der Waals surface area contributed by atoms with Crippen LogP contribution in [0.4, 0.5) is 5.69 Å². The fraction of sp³-hybridized carbons (Fsp3) is 0.208. The Bertz CT molecular complexity index is 1520. The Morgan fingerprint density at radius 1 is 1.35 bits per heavy atom. The molecule has 37 heavy (non-hydrogen) atoms. The topological polar surface area (TPSA) is 181 Å². The first-order valence-electron chi connectivity index (χ1n) is 11.3. The van der Waals surface area contributed by atoms with E-state index in [1.165, 1.54) is 5.51 Å². The molecular formula is C24H23N7O5S. The summed E-state index contributed by atoms with van der Waals surface area (Å²) in [6, 6.07) is 10.2. The molecule has 1 aliphatic rings. The molecule has 1 atom stereocenters. The first-order chi connectivity index (χ1) is 17.9. The van der Waals surface area contributed by atoms with Crippen LogP contribution in [-0.4, -0.2) is 43.5 Å². The summed E-state index contributed by atoms with van der Waals surface area (Å²) in [6.07, 6.45) is 0.710. The minimum Gasteiger partial charge on any atom is -0.477 e. The van der Waals surface area contributed by atoms with Crippen molar-refractivity contribution in [3.05, 3.63) is 85.3 Å². The van der Waals surface area contributed by atoms with Crippen LogP contribution in [0.2, 0.25) is 0 Å². The van der Waals surface area contributed by atoms with Gasteiger partial charge in [0.05, 0.1) is 12.1 Å². The zero-order chi connectivity index (χ0) is 26.1. The Hall–Kier alpha value is -4.49. The van der Waals surface area contributed by atoms with E-state index in [1.807, 2.05) is 19.1 Å². The molecule has 0 fully saturated rings. The van der Waals surface area contributed by atoms with E-state index in [-0.39, 0.29) is 29.1 Å². The highest BCUT2D eigenvalue weighted by atomic mass is 32.1. The van der Waals surface area contributed by atoms with Gasteiger partial charge in [-0.15, -0.1) is 16.4 Å². The summed E-state index contributed by atoms with van der Waals surface area (Å²) >= 11 is 0.907. The smallest absolute Gasteiger partial charge is 0.349 e. The second-order valence-corrected chi connectivity index (χ2v) is 9.09. The molecule has 3 heterocycles. The number of ether oxygens (including phenoxy) is 2. The van der Waals surface area contributed by atoms with E-state index in [9.17, 15) is 14.7 Å². The maximum absolute atomic E-state index is 12.9. The van der Waals surface area contributed by atoms with Crippen LogP contribution < -0.4 is 21.5 Å². The number of aromatic carboxylic acids is 1. The van der Waals surface area contributed by atoms with E-state index in [1.54, 1.807) is 24.3 Å². The number of hydrogen-bond acceptors (Lipinski definition) is 9. The summed E-state index contributed by atoms with van der Waals surface area (Å²) in [5, 5.41) is 24.9. The van der Waals surface area contributed by atoms with Gasteiger partial charge in [0.15, 0.2) is 23.3 Å². The summed E-state index contributed by atoms with van der Waals surface area (Å²) < 4.78 is 12.2. The number of nitrogens with one attached hydrogen (secondary N) is 3. The minimum atomic E-state index is -1.20. The van der Waals surface area contributed by atoms with Gasteiger partial charge in [-0.25, -0.2) is 14.6 Å². The molecule has 13 heteroatoms. The third kappa shape index (κ3) is 4.69. The number of benzene rings is 2. The zero-order valence-electron chi connectivity index (χ0n) is 19.6. The fourth-order valence-corrected chi connectivity index (χ4v) is 4.73. The molecule has 0 radical (unpaired) electrons. The Labute approximate surface area is 214 Å². The number of aryl methyl sites for hydroxylation is 1. The molecule has 0 bridgehead atoms. The molecule has 0 aliphatic carbocycles. The van der Waals surface area contributed by atoms with Crippen molar-refractivity contribution in [3.8, 4) is 11.6 Å². The number of hydrogen-bond donors (Lipinski definition) is 5. The molecule has 0 saturated heterocycles. The maximum Gasteiger partial charge on any atom is 0.349 e. The number of carboxylic acid groups (broad SMARTS) is 1. The van der Waals surface area contributed by atoms with E-state index >= 15 is 0 Å². The van der Waals surface area contributed by atoms with E-state index in [0.717, 1.165) is 38.5 Å². The lowest BCUT2D eigenvalue weighted by molar-refractivity contribution is -0.0170. The van der Waals surface area contributed by atoms with Crippen molar-refractivity contribution in [2.24, 2.45) is 5.73 Å². The molecule has 2 aromatic heterocycles. The second-order valence-electron chi connectivity index (χ2n) is 8.24. The molecule has 0 saturated carbocycles. The van der Waals surface area contributed by atoms with Gasteiger partial charge in [0, 0.05) is 16.8 Å². The van der Waals surface area contributed by atoms with Crippen LogP contribution in [0.5, 0.6) is 5.75 Å². The lowest BCUT2D eigenvalue weighted by Gasteiger charge is -2.25. The SMILES string of the molecule is CCc1cc(C(Nc2ccc(C(=N)N)cc2)c2nn(-c3ncsc3C(=O)O)c(=O)[nH]2)cc2c1OCOC2. The van der Waals surface area contributed by atoms with Gasteiger partial charge in [-0.1, -0.05) is 6.92 Å². The van der Waals surface area contributed by atoms with E-state index in [2.05, 4.69) is 20.4 Å². The van der Waals surface area contributed by atoms with E-state index in [4.69, 9.17) is 20.6 Å². The zero-order valence-corrected chi connectivity index (χ0v) is 20.5. The third-order valence-electron chi connectivity index (χ3n) is 5.88. The Balaban J connectivity index is 1.62. The number of aromatic amines is 1. The van der Waals surface area contributed by atoms with Gasteiger partial charge >= 0.3 is 11.7 Å². The molecule has 1 aliphatic heterocycles. The van der Waals surface area contributed by atoms with Gasteiger partial charge in [0.2, 0.25) is 0 Å². The van der Waals surface area contributed by atoms with Gasteiger partial charge in [0.25, 0.3) is 0 Å². The molecule has 1 unspecified atom stereocenters. The average Bonchev–Trinajstić information content (AvgIpc) is 3.53. The third-order valence-corrected chi connectivity index (χ3v) is 6.69. The fourth-order valence-electron chi connectivity index (χ4n) is 4.13. The van der Waals surface area contributed by atoms with Crippen molar-refractivity contribution >= 4 is 28.8 Å². The van der Waals surface area contributed by atoms with Gasteiger partial charge in [-0.2, -0.15) is 4.68 Å². The van der Waals surface area contributed by atoms with Gasteiger partial charge in [-0.05, 0) is 53.9 Å². The molecule has 12 nitrogen and oxygen atoms in total. The quantitative estimate of drug-likeness (QED) is 0.172. The van der Waals surface area contributed by atoms with Crippen LogP contribution in [0.15, 0.2) is 46.7 Å². The Kier molecular flexibility index (Phi) is 6.46. The van der Waals surface area contributed by atoms with Crippen molar-refractivity contribution in [1.29, 1.82) is 5.41 Å². The van der Waals surface area contributed by atoms with Crippen LogP contribution in [0.1, 0.15) is 50.7 Å². The number of rotatable bonds is 8. The number of carbonyl (C=O) groups is 1. The lowest BCUT2D eigenvalue weighted by Crippen LogP contribution is -2.18. The average molecular weight is 522 g/mol. The molecule has 190 valence electrons. The second kappa shape index (κ2) is 9.87. The highest BCUT2D eigenvalue weighted by Gasteiger charge is 2.26. The summed E-state index contributed by atoms with van der Waals surface area (Å²) in [5.41, 5.74) is 10.2. The number of carboxylic acids is 1. The van der Waals surface area contributed by atoms with Crippen molar-refractivity contribution in [2.75, 3.05) is 12.1 Å². The van der Waals surface area contributed by atoms with Crippen molar-refractivity contribution in [2.45, 2.75) is 26.0 Å².